The fourth-order valence-electron chi connectivity index (χ4n) is 0.813. The van der Waals surface area contributed by atoms with Crippen LogP contribution in [-0.4, -0.2) is 11.1 Å². The monoisotopic (exact) mass is 142 g/mol. The normalized spacial score (nSPS) is 9.30. The van der Waals surface area contributed by atoms with E-state index in [1.54, 1.807) is 25.1 Å². The molecule has 0 atom stereocenters. The smallest absolute Gasteiger partial charge is 0.335 e. The quantitative estimate of drug-likeness (QED) is 0.647. The van der Waals surface area contributed by atoms with E-state index in [1.165, 1.54) is 0 Å². The summed E-state index contributed by atoms with van der Waals surface area (Å²) in [6.45, 7) is 1.78. The zero-order valence-electron chi connectivity index (χ0n) is 5.66. The van der Waals surface area contributed by atoms with Gasteiger partial charge in [-0.2, -0.15) is 0 Å². The van der Waals surface area contributed by atoms with Crippen LogP contribution in [0.1, 0.15) is 15.9 Å². The summed E-state index contributed by atoms with van der Waals surface area (Å²) in [6.07, 6.45) is 0. The van der Waals surface area contributed by atoms with E-state index in [2.05, 4.69) is 0 Å². The molecule has 0 bridgehead atoms. The van der Waals surface area contributed by atoms with Crippen LogP contribution in [0.2, 0.25) is 0 Å². The van der Waals surface area contributed by atoms with Crippen molar-refractivity contribution in [2.24, 2.45) is 0 Å². The Kier molecular flexibility index (Phi) is 1.71. The lowest BCUT2D eigenvalue weighted by Crippen LogP contribution is -1.97. The largest absolute Gasteiger partial charge is 0.478 e. The topological polar surface area (TPSA) is 37.3 Å². The fourth-order valence-corrected chi connectivity index (χ4v) is 0.813. The Hall–Kier alpha value is -1.31. The van der Waals surface area contributed by atoms with Crippen LogP contribution in [0.15, 0.2) is 24.3 Å². The first-order valence-corrected chi connectivity index (χ1v) is 3.01. The van der Waals surface area contributed by atoms with E-state index >= 15 is 0 Å². The molecule has 1 aromatic rings. The summed E-state index contributed by atoms with van der Waals surface area (Å²) >= 11 is 0. The molecule has 0 spiro atoms. The average molecular weight is 142 g/mol. The van der Waals surface area contributed by atoms with Gasteiger partial charge in [0.15, 0.2) is 0 Å². The summed E-state index contributed by atoms with van der Waals surface area (Å²) in [5, 5.41) is 8.57. The molecule has 1 aromatic carbocycles. The summed E-state index contributed by atoms with van der Waals surface area (Å²) in [6, 6.07) is 6.92. The molecule has 0 aliphatic rings. The van der Waals surface area contributed by atoms with Crippen LogP contribution in [0.4, 0.5) is 0 Å². The van der Waals surface area contributed by atoms with E-state index in [0.29, 0.717) is 5.56 Å². The average Bonchev–Trinajstić information content (AvgIpc) is 1.88. The van der Waals surface area contributed by atoms with Gasteiger partial charge in [-0.3, -0.25) is 0 Å². The second-order valence-electron chi connectivity index (χ2n) is 2.12. The molecule has 0 aliphatic heterocycles. The van der Waals surface area contributed by atoms with Gasteiger partial charge in [-0.15, -0.1) is 0 Å². The minimum atomic E-state index is -0.863. The van der Waals surface area contributed by atoms with Gasteiger partial charge in [0.1, 0.15) is 0 Å². The molecule has 0 radical (unpaired) electrons. The van der Waals surface area contributed by atoms with E-state index < -0.39 is 5.97 Å². The van der Waals surface area contributed by atoms with E-state index in [4.69, 9.17) is 5.11 Å². The van der Waals surface area contributed by atoms with Crippen LogP contribution in [0, 0.1) is 6.92 Å². The Labute approximate surface area is 59.1 Å². The van der Waals surface area contributed by atoms with Gasteiger partial charge < -0.3 is 5.11 Å². The standard InChI is InChI=1S/C8H8O2/c1-6-4-2-3-5-7(6)8(9)10/h2-5H,1H3,(H,9,10)/i2+1,3+1,4+1,5+1,6+1,7+1. The molecule has 52 valence electrons. The van der Waals surface area contributed by atoms with Gasteiger partial charge in [-0.1, -0.05) is 18.2 Å². The number of rotatable bonds is 1. The Bertz CT molecular complexity index is 253. The number of carboxylic acid groups (broad SMARTS) is 1. The Morgan fingerprint density at radius 3 is 2.40 bits per heavy atom. The summed E-state index contributed by atoms with van der Waals surface area (Å²) in [5.41, 5.74) is 1.18. The van der Waals surface area contributed by atoms with E-state index in [-0.39, 0.29) is 0 Å². The highest BCUT2D eigenvalue weighted by Crippen LogP contribution is 2.05. The lowest BCUT2D eigenvalue weighted by atomic mass is 10.8. The summed E-state index contributed by atoms with van der Waals surface area (Å²) in [4.78, 5) is 10.4. The maximum atomic E-state index is 10.4. The number of hydrogen-bond acceptors (Lipinski definition) is 1. The third-order valence-electron chi connectivity index (χ3n) is 1.38. The summed E-state index contributed by atoms with van der Waals surface area (Å²) in [5.74, 6) is -0.863. The molecule has 10 heavy (non-hydrogen) atoms. The predicted octanol–water partition coefficient (Wildman–Crippen LogP) is 1.69. The van der Waals surface area contributed by atoms with Gasteiger partial charge in [-0.25, -0.2) is 4.79 Å². The van der Waals surface area contributed by atoms with Crippen molar-refractivity contribution in [2.45, 2.75) is 6.92 Å². The highest BCUT2D eigenvalue weighted by Gasteiger charge is 2.02. The molecule has 2 heteroatoms. The third-order valence-corrected chi connectivity index (χ3v) is 1.38. The van der Waals surface area contributed by atoms with Gasteiger partial charge in [0.05, 0.1) is 5.56 Å². The Morgan fingerprint density at radius 1 is 1.40 bits per heavy atom. The van der Waals surface area contributed by atoms with E-state index in [9.17, 15) is 4.79 Å². The van der Waals surface area contributed by atoms with Gasteiger partial charge >= 0.3 is 5.97 Å². The van der Waals surface area contributed by atoms with Crippen molar-refractivity contribution in [1.82, 2.24) is 0 Å². The van der Waals surface area contributed by atoms with Crippen molar-refractivity contribution in [3.05, 3.63) is 35.4 Å². The summed E-state index contributed by atoms with van der Waals surface area (Å²) in [7, 11) is 0. The highest BCUT2D eigenvalue weighted by molar-refractivity contribution is 5.89. The Balaban J connectivity index is 3.15. The number of carbonyl (C=O) groups is 1. The molecule has 0 saturated heterocycles. The molecule has 0 fully saturated rings. The fraction of sp³-hybridized carbons (Fsp3) is 0.125. The second kappa shape index (κ2) is 2.52. The molecule has 1 N–H and O–H groups in total. The van der Waals surface area contributed by atoms with Crippen LogP contribution >= 0.6 is 0 Å². The van der Waals surface area contributed by atoms with Gasteiger partial charge in [0.25, 0.3) is 0 Å². The maximum Gasteiger partial charge on any atom is 0.335 e. The molecule has 0 aliphatic carbocycles. The van der Waals surface area contributed by atoms with Gasteiger partial charge in [-0.05, 0) is 18.6 Å². The molecule has 0 heterocycles. The minimum Gasteiger partial charge on any atom is -0.478 e. The molecule has 0 saturated carbocycles. The molecule has 1 rings (SSSR count). The van der Waals surface area contributed by atoms with Gasteiger partial charge in [0, 0.05) is 0 Å². The number of benzene rings is 1. The number of aryl methyl sites for hydroxylation is 1. The van der Waals surface area contributed by atoms with Crippen molar-refractivity contribution in [1.29, 1.82) is 0 Å². The molecule has 0 amide bonds. The predicted molar refractivity (Wildman–Crippen MR) is 38.1 cm³/mol. The summed E-state index contributed by atoms with van der Waals surface area (Å²) < 4.78 is 0. The molecule has 2 nitrogen and oxygen atoms in total. The second-order valence-corrected chi connectivity index (χ2v) is 2.12. The van der Waals surface area contributed by atoms with Crippen LogP contribution in [0.3, 0.4) is 0 Å². The van der Waals surface area contributed by atoms with Crippen LogP contribution in [0.5, 0.6) is 0 Å². The number of carboxylic acids is 1. The molecule has 0 aromatic heterocycles. The zero-order valence-corrected chi connectivity index (χ0v) is 5.66. The van der Waals surface area contributed by atoms with Crippen LogP contribution < -0.4 is 0 Å². The maximum absolute atomic E-state index is 10.4. The third kappa shape index (κ3) is 1.16. The minimum absolute atomic E-state index is 0.377. The number of aromatic carboxylic acids is 1. The molecular formula is C8H8O2. The lowest BCUT2D eigenvalue weighted by molar-refractivity contribution is 0.0696. The van der Waals surface area contributed by atoms with Crippen molar-refractivity contribution < 1.29 is 9.90 Å². The van der Waals surface area contributed by atoms with Crippen molar-refractivity contribution in [3.63, 3.8) is 0 Å². The van der Waals surface area contributed by atoms with E-state index in [0.717, 1.165) is 5.56 Å². The van der Waals surface area contributed by atoms with Crippen LogP contribution in [-0.2, 0) is 0 Å². The first kappa shape index (κ1) is 6.81. The molecular weight excluding hydrogens is 134 g/mol. The van der Waals surface area contributed by atoms with Crippen molar-refractivity contribution in [2.75, 3.05) is 0 Å². The lowest BCUT2D eigenvalue weighted by Gasteiger charge is -1.96. The van der Waals surface area contributed by atoms with Gasteiger partial charge in [0.2, 0.25) is 0 Å². The van der Waals surface area contributed by atoms with Crippen molar-refractivity contribution in [3.8, 4) is 0 Å². The van der Waals surface area contributed by atoms with E-state index in [1.807, 2.05) is 6.07 Å². The van der Waals surface area contributed by atoms with Crippen LogP contribution in [0.25, 0.3) is 0 Å². The first-order chi connectivity index (χ1) is 4.72. The SMILES string of the molecule is C[13c]1[13cH][13cH][13cH][13cH][13c]1C(=O)O. The zero-order chi connectivity index (χ0) is 7.56. The van der Waals surface area contributed by atoms with Crippen molar-refractivity contribution >= 4 is 5.97 Å². The first-order valence-electron chi connectivity index (χ1n) is 3.01. The Morgan fingerprint density at radius 2 is 2.00 bits per heavy atom. The molecule has 0 unspecified atom stereocenters. The highest BCUT2D eigenvalue weighted by atomic mass is 16.4. The number of hydrogen-bond donors (Lipinski definition) is 1.